The van der Waals surface area contributed by atoms with E-state index < -0.39 is 0 Å². The van der Waals surface area contributed by atoms with E-state index in [0.29, 0.717) is 5.41 Å². The van der Waals surface area contributed by atoms with Gasteiger partial charge in [0, 0.05) is 12.4 Å². The maximum Gasteiger partial charge on any atom is 0.0595 e. The second kappa shape index (κ2) is 6.32. The van der Waals surface area contributed by atoms with E-state index in [1.165, 1.54) is 49.7 Å². The van der Waals surface area contributed by atoms with Crippen molar-refractivity contribution < 1.29 is 5.11 Å². The molecule has 0 spiro atoms. The van der Waals surface area contributed by atoms with E-state index in [1.807, 2.05) is 6.20 Å². The van der Waals surface area contributed by atoms with Gasteiger partial charge in [0.1, 0.15) is 0 Å². The minimum atomic E-state index is -0.0523. The molecule has 5 rings (SSSR count). The first-order valence-corrected chi connectivity index (χ1v) is 11.3. The molecule has 1 heterocycles. The number of halogens is 1. The van der Waals surface area contributed by atoms with Crippen LogP contribution in [0, 0.1) is 34.5 Å². The third-order valence-electron chi connectivity index (χ3n) is 9.23. The van der Waals surface area contributed by atoms with Crippen LogP contribution < -0.4 is 0 Å². The van der Waals surface area contributed by atoms with Crippen LogP contribution in [0.5, 0.6) is 0 Å². The third-order valence-corrected chi connectivity index (χ3v) is 9.44. The molecule has 0 bridgehead atoms. The van der Waals surface area contributed by atoms with Gasteiger partial charge in [-0.15, -0.1) is 0 Å². The summed E-state index contributed by atoms with van der Waals surface area (Å²) in [6.45, 7) is 5.07. The maximum atomic E-state index is 10.2. The van der Waals surface area contributed by atoms with E-state index in [-0.39, 0.29) is 11.5 Å². The Morgan fingerprint density at radius 1 is 1.07 bits per heavy atom. The zero-order chi connectivity index (χ0) is 18.8. The second-order valence-electron chi connectivity index (χ2n) is 10.3. The van der Waals surface area contributed by atoms with E-state index in [4.69, 9.17) is 11.6 Å². The first kappa shape index (κ1) is 18.2. The molecule has 0 radical (unpaired) electrons. The van der Waals surface area contributed by atoms with Gasteiger partial charge in [0.05, 0.1) is 11.1 Å². The summed E-state index contributed by atoms with van der Waals surface area (Å²) in [6.07, 6.45) is 16.0. The van der Waals surface area contributed by atoms with Gasteiger partial charge in [0.15, 0.2) is 0 Å². The Hall–Kier alpha value is -0.860. The number of rotatable bonds is 1. The SMILES string of the molecule is CC12CCC3C(CCC4CC(O)CCC43C)C1CC=C2c1cncc(Cl)c1. The molecular weight excluding hydrogens is 354 g/mol. The molecule has 7 atom stereocenters. The Morgan fingerprint density at radius 2 is 1.93 bits per heavy atom. The summed E-state index contributed by atoms with van der Waals surface area (Å²) in [6, 6.07) is 2.10. The van der Waals surface area contributed by atoms with Crippen LogP contribution in [0.4, 0.5) is 0 Å². The maximum absolute atomic E-state index is 10.2. The van der Waals surface area contributed by atoms with Crippen molar-refractivity contribution in [3.05, 3.63) is 35.1 Å². The molecule has 4 aliphatic carbocycles. The average Bonchev–Trinajstić information content (AvgIpc) is 2.99. The van der Waals surface area contributed by atoms with Gasteiger partial charge in [0.2, 0.25) is 0 Å². The number of hydrogen-bond acceptors (Lipinski definition) is 2. The van der Waals surface area contributed by atoms with Crippen molar-refractivity contribution in [2.75, 3.05) is 0 Å². The van der Waals surface area contributed by atoms with Crippen molar-refractivity contribution in [1.29, 1.82) is 0 Å². The van der Waals surface area contributed by atoms with Crippen LogP contribution in [-0.4, -0.2) is 16.2 Å². The molecule has 0 saturated heterocycles. The lowest BCUT2D eigenvalue weighted by Gasteiger charge is -2.60. The van der Waals surface area contributed by atoms with Crippen molar-refractivity contribution in [2.24, 2.45) is 34.5 Å². The van der Waals surface area contributed by atoms with Gasteiger partial charge in [-0.05, 0) is 103 Å². The zero-order valence-corrected chi connectivity index (χ0v) is 17.4. The summed E-state index contributed by atoms with van der Waals surface area (Å²) < 4.78 is 0. The van der Waals surface area contributed by atoms with Gasteiger partial charge in [-0.1, -0.05) is 31.5 Å². The molecule has 4 aliphatic rings. The van der Waals surface area contributed by atoms with E-state index in [2.05, 4.69) is 31.0 Å². The topological polar surface area (TPSA) is 33.1 Å². The molecule has 7 unspecified atom stereocenters. The fraction of sp³-hybridized carbons (Fsp3) is 0.708. The molecular formula is C24H32ClNO. The van der Waals surface area contributed by atoms with Crippen LogP contribution in [0.3, 0.4) is 0 Å². The van der Waals surface area contributed by atoms with Gasteiger partial charge in [-0.3, -0.25) is 4.98 Å². The Balaban J connectivity index is 1.44. The lowest BCUT2D eigenvalue weighted by Crippen LogP contribution is -2.53. The molecule has 2 nitrogen and oxygen atoms in total. The minimum Gasteiger partial charge on any atom is -0.393 e. The third kappa shape index (κ3) is 2.66. The highest BCUT2D eigenvalue weighted by atomic mass is 35.5. The molecule has 1 N–H and O–H groups in total. The molecule has 1 aromatic heterocycles. The summed E-state index contributed by atoms with van der Waals surface area (Å²) in [5.74, 6) is 3.17. The Bertz CT molecular complexity index is 775. The number of nitrogens with zero attached hydrogens (tertiary/aromatic N) is 1. The molecule has 27 heavy (non-hydrogen) atoms. The van der Waals surface area contributed by atoms with Crippen LogP contribution in [0.25, 0.3) is 5.57 Å². The molecule has 146 valence electrons. The highest BCUT2D eigenvalue weighted by Gasteiger charge is 2.58. The number of allylic oxidation sites excluding steroid dienone is 2. The van der Waals surface area contributed by atoms with Crippen molar-refractivity contribution in [3.8, 4) is 0 Å². The normalized spacial score (nSPS) is 46.2. The molecule has 0 aliphatic heterocycles. The van der Waals surface area contributed by atoms with Crippen LogP contribution >= 0.6 is 11.6 Å². The lowest BCUT2D eigenvalue weighted by molar-refractivity contribution is -0.115. The predicted molar refractivity (Wildman–Crippen MR) is 110 cm³/mol. The molecule has 1 aromatic rings. The van der Waals surface area contributed by atoms with E-state index in [1.54, 1.807) is 6.20 Å². The quantitative estimate of drug-likeness (QED) is 0.630. The highest BCUT2D eigenvalue weighted by Crippen LogP contribution is 2.67. The number of hydrogen-bond donors (Lipinski definition) is 1. The number of fused-ring (bicyclic) bond motifs is 5. The Morgan fingerprint density at radius 3 is 2.74 bits per heavy atom. The van der Waals surface area contributed by atoms with Gasteiger partial charge < -0.3 is 5.11 Å². The predicted octanol–water partition coefficient (Wildman–Crippen LogP) is 6.13. The minimum absolute atomic E-state index is 0.0523. The highest BCUT2D eigenvalue weighted by molar-refractivity contribution is 6.30. The van der Waals surface area contributed by atoms with Crippen molar-refractivity contribution in [3.63, 3.8) is 0 Å². The van der Waals surface area contributed by atoms with Crippen LogP contribution in [0.15, 0.2) is 24.5 Å². The number of aromatic nitrogens is 1. The van der Waals surface area contributed by atoms with Crippen molar-refractivity contribution in [1.82, 2.24) is 4.98 Å². The zero-order valence-electron chi connectivity index (χ0n) is 16.6. The number of aliphatic hydroxyl groups excluding tert-OH is 1. The summed E-state index contributed by atoms with van der Waals surface area (Å²) in [4.78, 5) is 4.35. The second-order valence-corrected chi connectivity index (χ2v) is 10.7. The lowest BCUT2D eigenvalue weighted by atomic mass is 9.44. The Kier molecular flexibility index (Phi) is 4.26. The number of pyridine rings is 1. The van der Waals surface area contributed by atoms with Gasteiger partial charge in [0.25, 0.3) is 0 Å². The molecule has 0 aromatic carbocycles. The summed E-state index contributed by atoms with van der Waals surface area (Å²) >= 11 is 6.25. The van der Waals surface area contributed by atoms with Gasteiger partial charge in [-0.2, -0.15) is 0 Å². The number of aliphatic hydroxyl groups is 1. The smallest absolute Gasteiger partial charge is 0.0595 e. The summed E-state index contributed by atoms with van der Waals surface area (Å²) in [7, 11) is 0. The van der Waals surface area contributed by atoms with Gasteiger partial charge >= 0.3 is 0 Å². The fourth-order valence-corrected chi connectivity index (χ4v) is 7.98. The first-order valence-electron chi connectivity index (χ1n) is 10.9. The Labute approximate surface area is 168 Å². The van der Waals surface area contributed by atoms with Gasteiger partial charge in [-0.25, -0.2) is 0 Å². The van der Waals surface area contributed by atoms with Crippen molar-refractivity contribution in [2.45, 2.75) is 71.3 Å². The monoisotopic (exact) mass is 385 g/mol. The first-order chi connectivity index (χ1) is 12.9. The van der Waals surface area contributed by atoms with Crippen LogP contribution in [0.2, 0.25) is 5.02 Å². The largest absolute Gasteiger partial charge is 0.393 e. The summed E-state index contributed by atoms with van der Waals surface area (Å²) in [5.41, 5.74) is 3.44. The van der Waals surface area contributed by atoms with E-state index in [0.717, 1.165) is 41.5 Å². The summed E-state index contributed by atoms with van der Waals surface area (Å²) in [5, 5.41) is 10.9. The van der Waals surface area contributed by atoms with Crippen molar-refractivity contribution >= 4 is 17.2 Å². The average molecular weight is 386 g/mol. The van der Waals surface area contributed by atoms with E-state index >= 15 is 0 Å². The molecule has 3 saturated carbocycles. The van der Waals surface area contributed by atoms with E-state index in [9.17, 15) is 5.11 Å². The van der Waals surface area contributed by atoms with Crippen LogP contribution in [-0.2, 0) is 0 Å². The van der Waals surface area contributed by atoms with Crippen LogP contribution in [0.1, 0.15) is 70.8 Å². The fourth-order valence-electron chi connectivity index (χ4n) is 7.81. The molecule has 3 fully saturated rings. The standard InChI is InChI=1S/C24H32ClNO/c1-23-9-7-18(27)12-16(23)3-4-19-21-6-5-20(15-11-17(25)14-26-13-15)24(21,2)10-8-22(19)23/h5,11,13-14,16,18-19,21-22,27H,3-4,6-10,12H2,1-2H3. The molecule has 3 heteroatoms. The molecule has 0 amide bonds.